The molecule has 4 rings (SSSR count). The number of halogens is 1. The van der Waals surface area contributed by atoms with E-state index >= 15 is 0 Å². The van der Waals surface area contributed by atoms with E-state index < -0.39 is 0 Å². The van der Waals surface area contributed by atoms with Crippen molar-refractivity contribution >= 4 is 39.4 Å². The molecular weight excluding hydrogens is 438 g/mol. The minimum absolute atomic E-state index is 0.143. The van der Waals surface area contributed by atoms with E-state index in [1.165, 1.54) is 24.0 Å². The lowest BCUT2D eigenvalue weighted by atomic mass is 9.75. The van der Waals surface area contributed by atoms with E-state index in [0.717, 1.165) is 53.9 Å². The van der Waals surface area contributed by atoms with Crippen LogP contribution in [0, 0.1) is 0 Å². The first kappa shape index (κ1) is 21.3. The summed E-state index contributed by atoms with van der Waals surface area (Å²) in [5, 5.41) is 3.47. The molecule has 0 unspecified atom stereocenters. The highest BCUT2D eigenvalue weighted by molar-refractivity contribution is 9.10. The van der Waals surface area contributed by atoms with Crippen molar-refractivity contribution in [1.29, 1.82) is 0 Å². The number of rotatable bonds is 5. The second kappa shape index (κ2) is 8.64. The van der Waals surface area contributed by atoms with Crippen molar-refractivity contribution in [3.05, 3.63) is 57.6 Å². The third kappa shape index (κ3) is 3.23. The Morgan fingerprint density at radius 1 is 1.17 bits per heavy atom. The summed E-state index contributed by atoms with van der Waals surface area (Å²) >= 11 is 3.56. The van der Waals surface area contributed by atoms with E-state index in [4.69, 9.17) is 4.99 Å². The predicted octanol–water partition coefficient (Wildman–Crippen LogP) is 5.97. The maximum atomic E-state index is 12.0. The lowest BCUT2D eigenvalue weighted by Crippen LogP contribution is -2.38. The Labute approximate surface area is 187 Å². The van der Waals surface area contributed by atoms with Gasteiger partial charge in [0.1, 0.15) is 5.84 Å². The number of nitrogens with one attached hydrogen (secondary N) is 1. The highest BCUT2D eigenvalue weighted by Gasteiger charge is 2.47. The molecule has 1 N–H and O–H groups in total. The van der Waals surface area contributed by atoms with Gasteiger partial charge in [0.15, 0.2) is 6.29 Å². The van der Waals surface area contributed by atoms with Crippen molar-refractivity contribution in [3.63, 3.8) is 0 Å². The summed E-state index contributed by atoms with van der Waals surface area (Å²) in [5.41, 5.74) is 5.34. The molecule has 4 nitrogen and oxygen atoms in total. The van der Waals surface area contributed by atoms with Crippen LogP contribution in [0.3, 0.4) is 0 Å². The Hall–Kier alpha value is -1.98. The van der Waals surface area contributed by atoms with Crippen LogP contribution in [0.5, 0.6) is 0 Å². The normalized spacial score (nSPS) is 19.9. The van der Waals surface area contributed by atoms with Gasteiger partial charge >= 0.3 is 0 Å². The molecule has 0 spiro atoms. The monoisotopic (exact) mass is 467 g/mol. The molecule has 1 fully saturated rings. The fourth-order valence-corrected chi connectivity index (χ4v) is 5.78. The smallest absolute Gasteiger partial charge is 0.153 e. The first-order valence-electron chi connectivity index (χ1n) is 11.0. The van der Waals surface area contributed by atoms with Gasteiger partial charge in [0.25, 0.3) is 0 Å². The summed E-state index contributed by atoms with van der Waals surface area (Å²) in [4.78, 5) is 19.0. The molecule has 5 heteroatoms. The molecule has 2 heterocycles. The van der Waals surface area contributed by atoms with Crippen molar-refractivity contribution in [2.45, 2.75) is 50.9 Å². The number of piperidine rings is 1. The average molecular weight is 468 g/mol. The van der Waals surface area contributed by atoms with Crippen LogP contribution in [-0.4, -0.2) is 32.3 Å². The molecule has 0 bridgehead atoms. The number of nitrogens with zero attached hydrogens (tertiary/aromatic N) is 2. The minimum Gasteiger partial charge on any atom is -0.317 e. The number of anilines is 2. The Balaban J connectivity index is 1.93. The molecule has 0 aliphatic carbocycles. The number of carbonyl (C=O) groups excluding carboxylic acids is 1. The van der Waals surface area contributed by atoms with Crippen LogP contribution in [-0.2, 0) is 5.41 Å². The van der Waals surface area contributed by atoms with Gasteiger partial charge in [-0.15, -0.1) is 0 Å². The van der Waals surface area contributed by atoms with Crippen LogP contribution in [0.4, 0.5) is 11.4 Å². The summed E-state index contributed by atoms with van der Waals surface area (Å²) in [7, 11) is 1.88. The number of amidine groups is 1. The fourth-order valence-electron chi connectivity index (χ4n) is 5.33. The molecule has 1 saturated heterocycles. The van der Waals surface area contributed by atoms with E-state index in [2.05, 4.69) is 58.2 Å². The second-order valence-electron chi connectivity index (χ2n) is 8.26. The van der Waals surface area contributed by atoms with E-state index in [9.17, 15) is 4.79 Å². The number of carbonyl (C=O) groups is 1. The molecule has 30 heavy (non-hydrogen) atoms. The first-order valence-corrected chi connectivity index (χ1v) is 11.8. The molecule has 2 aromatic rings. The Kier molecular flexibility index (Phi) is 6.12. The number of aldehydes is 1. The molecule has 2 aliphatic rings. The van der Waals surface area contributed by atoms with Gasteiger partial charge in [0.2, 0.25) is 0 Å². The van der Waals surface area contributed by atoms with E-state index in [1.54, 1.807) is 0 Å². The van der Waals surface area contributed by atoms with Gasteiger partial charge in [0.05, 0.1) is 22.4 Å². The van der Waals surface area contributed by atoms with Crippen LogP contribution < -0.4 is 10.2 Å². The Morgan fingerprint density at radius 3 is 2.53 bits per heavy atom. The number of benzene rings is 2. The molecule has 0 saturated carbocycles. The molecule has 158 valence electrons. The molecule has 2 aliphatic heterocycles. The van der Waals surface area contributed by atoms with Crippen LogP contribution in [0.1, 0.15) is 66.9 Å². The van der Waals surface area contributed by atoms with Crippen molar-refractivity contribution in [2.24, 2.45) is 4.99 Å². The molecule has 0 amide bonds. The molecule has 0 radical (unpaired) electrons. The molecular formula is C25H30BrN3O. The zero-order chi connectivity index (χ0) is 21.3. The van der Waals surface area contributed by atoms with Gasteiger partial charge in [-0.1, -0.05) is 32.0 Å². The fraction of sp³-hybridized carbons (Fsp3) is 0.440. The van der Waals surface area contributed by atoms with Gasteiger partial charge in [-0.2, -0.15) is 0 Å². The van der Waals surface area contributed by atoms with E-state index in [1.807, 2.05) is 25.2 Å². The van der Waals surface area contributed by atoms with Crippen molar-refractivity contribution < 1.29 is 4.79 Å². The Bertz CT molecular complexity index is 974. The highest BCUT2D eigenvalue weighted by Crippen LogP contribution is 2.51. The topological polar surface area (TPSA) is 44.7 Å². The lowest BCUT2D eigenvalue weighted by molar-refractivity contribution is 0.112. The van der Waals surface area contributed by atoms with Crippen LogP contribution in [0.2, 0.25) is 0 Å². The van der Waals surface area contributed by atoms with Gasteiger partial charge in [-0.05, 0) is 89.9 Å². The molecule has 0 atom stereocenters. The summed E-state index contributed by atoms with van der Waals surface area (Å²) < 4.78 is 0.809. The second-order valence-corrected chi connectivity index (χ2v) is 9.12. The number of fused-ring (bicyclic) bond motifs is 1. The van der Waals surface area contributed by atoms with Crippen molar-refractivity contribution in [1.82, 2.24) is 5.32 Å². The number of aliphatic imine (C=N–C) groups is 1. The minimum atomic E-state index is -0.143. The molecule has 0 aromatic heterocycles. The first-order chi connectivity index (χ1) is 14.6. The highest BCUT2D eigenvalue weighted by atomic mass is 79.9. The predicted molar refractivity (Wildman–Crippen MR) is 129 cm³/mol. The number of hydrogen-bond donors (Lipinski definition) is 1. The van der Waals surface area contributed by atoms with Crippen LogP contribution >= 0.6 is 15.9 Å². The maximum absolute atomic E-state index is 12.0. The maximum Gasteiger partial charge on any atom is 0.153 e. The summed E-state index contributed by atoms with van der Waals surface area (Å²) in [5.74, 6) is 1.64. The Morgan fingerprint density at radius 2 is 1.90 bits per heavy atom. The van der Waals surface area contributed by atoms with Gasteiger partial charge < -0.3 is 5.32 Å². The van der Waals surface area contributed by atoms with Gasteiger partial charge in [0, 0.05) is 11.5 Å². The summed E-state index contributed by atoms with van der Waals surface area (Å²) in [6.07, 6.45) is 5.25. The van der Waals surface area contributed by atoms with Crippen LogP contribution in [0.25, 0.3) is 0 Å². The third-order valence-electron chi connectivity index (χ3n) is 7.04. The standard InChI is InChI=1S/C25H30BrN3O/c1-4-25(5-2)20-15-18(17-11-13-28-14-12-17)9-10-23(20)29(24(25)27-3)22-8-6-7-21(26)19(22)16-30/h6-10,15-17,28H,4-5,11-14H2,1-3H3. The quantitative estimate of drug-likeness (QED) is 0.551. The van der Waals surface area contributed by atoms with Crippen LogP contribution in [0.15, 0.2) is 45.9 Å². The van der Waals surface area contributed by atoms with Gasteiger partial charge in [-0.3, -0.25) is 14.7 Å². The van der Waals surface area contributed by atoms with Crippen molar-refractivity contribution in [3.8, 4) is 0 Å². The summed E-state index contributed by atoms with van der Waals surface area (Å²) in [6, 6.07) is 12.9. The summed E-state index contributed by atoms with van der Waals surface area (Å²) in [6.45, 7) is 6.67. The van der Waals surface area contributed by atoms with E-state index in [-0.39, 0.29) is 5.41 Å². The average Bonchev–Trinajstić information content (AvgIpc) is 3.08. The van der Waals surface area contributed by atoms with E-state index in [0.29, 0.717) is 11.5 Å². The number of hydrogen-bond acceptors (Lipinski definition) is 3. The zero-order valence-electron chi connectivity index (χ0n) is 18.0. The van der Waals surface area contributed by atoms with Crippen molar-refractivity contribution in [2.75, 3.05) is 25.0 Å². The SMILES string of the molecule is CCC1(CC)C(=NC)N(c2cccc(Br)c2C=O)c2ccc(C3CCNCC3)cc21. The lowest BCUT2D eigenvalue weighted by Gasteiger charge is -2.31. The zero-order valence-corrected chi connectivity index (χ0v) is 19.6. The van der Waals surface area contributed by atoms with Gasteiger partial charge in [-0.25, -0.2) is 0 Å². The third-order valence-corrected chi connectivity index (χ3v) is 7.73. The molecule has 2 aromatic carbocycles. The largest absolute Gasteiger partial charge is 0.317 e.